The minimum absolute atomic E-state index is 0.00255. The van der Waals surface area contributed by atoms with Gasteiger partial charge in [-0.25, -0.2) is 9.59 Å². The number of carbonyl (C=O) groups excluding carboxylic acids is 1. The molecule has 7 fully saturated rings. The van der Waals surface area contributed by atoms with Crippen molar-refractivity contribution in [1.82, 2.24) is 0 Å². The number of hydrogen-bond acceptors (Lipinski definition) is 18. The normalized spacial score (nSPS) is 54.2. The van der Waals surface area contributed by atoms with Crippen LogP contribution in [0.2, 0.25) is 0 Å². The van der Waals surface area contributed by atoms with Crippen LogP contribution < -0.4 is 0 Å². The molecule has 0 aromatic heterocycles. The van der Waals surface area contributed by atoms with Gasteiger partial charge in [0.25, 0.3) is 0 Å². The fourth-order valence-corrected chi connectivity index (χ4v) is 14.9. The Morgan fingerprint density at radius 3 is 1.78 bits per heavy atom. The number of rotatable bonds is 10. The molecular formula is C48H72O21. The summed E-state index contributed by atoms with van der Waals surface area (Å²) in [7, 11) is 0. The molecule has 5 aliphatic carbocycles. The number of ketones is 1. The average molecular weight is 985 g/mol. The maximum absolute atomic E-state index is 13.8. The average Bonchev–Trinajstić information content (AvgIpc) is 3.28. The van der Waals surface area contributed by atoms with Crippen molar-refractivity contribution >= 4 is 23.7 Å². The van der Waals surface area contributed by atoms with Crippen molar-refractivity contribution in [3.05, 3.63) is 11.6 Å². The fourth-order valence-electron chi connectivity index (χ4n) is 14.9. The van der Waals surface area contributed by atoms with Gasteiger partial charge in [-0.15, -0.1) is 0 Å². The molecular weight excluding hydrogens is 913 g/mol. The van der Waals surface area contributed by atoms with Gasteiger partial charge in [0.1, 0.15) is 60.7 Å². The zero-order valence-electron chi connectivity index (χ0n) is 40.1. The molecule has 8 aliphatic rings. The van der Waals surface area contributed by atoms with E-state index in [9.17, 15) is 75.3 Å². The summed E-state index contributed by atoms with van der Waals surface area (Å²) >= 11 is 0. The molecule has 8 rings (SSSR count). The Hall–Kier alpha value is -2.74. The molecule has 3 aliphatic heterocycles. The van der Waals surface area contributed by atoms with Crippen molar-refractivity contribution < 1.29 is 104 Å². The zero-order chi connectivity index (χ0) is 50.9. The monoisotopic (exact) mass is 984 g/mol. The van der Waals surface area contributed by atoms with Gasteiger partial charge in [0.2, 0.25) is 0 Å². The standard InChI is InChI=1S/C48H72O21/c1-19-26(51)27(52)32(57)39(64-19)68-36-31(56)29(54)34(38(60)61)67-41(36)69-35-30(55)28(53)33(37(58)59)66-40(35)65-25-11-12-45(4)22(46(25,5)18-49)10-13-48(7)23(45)9-8-20-21-16-43(2,42(62)63)17-24(50)44(21,3)14-15-47(20,48)6/h8,19,21-23,25-36,39-41,49,51-57H,9-18H2,1-7H3,(H,58,59)(H,60,61)(H,62,63). The molecule has 4 saturated carbocycles. The highest BCUT2D eigenvalue weighted by Crippen LogP contribution is 2.75. The van der Waals surface area contributed by atoms with Crippen LogP contribution in [0.4, 0.5) is 0 Å². The molecule has 21 nitrogen and oxygen atoms in total. The minimum Gasteiger partial charge on any atom is -0.481 e. The first-order valence-corrected chi connectivity index (χ1v) is 24.3. The van der Waals surface area contributed by atoms with E-state index >= 15 is 0 Å². The predicted octanol–water partition coefficient (Wildman–Crippen LogP) is 0.0698. The lowest BCUT2D eigenvalue weighted by Gasteiger charge is -2.71. The Labute approximate surface area is 399 Å². The topological polar surface area (TPSA) is 346 Å². The number of allylic oxidation sites excluding steroid dienone is 2. The molecule has 11 N–H and O–H groups in total. The third-order valence-electron chi connectivity index (χ3n) is 19.5. The van der Waals surface area contributed by atoms with Crippen molar-refractivity contribution in [2.24, 2.45) is 50.2 Å². The molecule has 0 aromatic rings. The molecule has 3 heterocycles. The molecule has 0 spiro atoms. The summed E-state index contributed by atoms with van der Waals surface area (Å²) in [6.07, 6.45) is -23.3. The maximum Gasteiger partial charge on any atom is 0.335 e. The van der Waals surface area contributed by atoms with Crippen molar-refractivity contribution in [2.45, 2.75) is 204 Å². The third kappa shape index (κ3) is 7.95. The van der Waals surface area contributed by atoms with Gasteiger partial charge in [-0.1, -0.05) is 46.3 Å². The molecule has 0 bridgehead atoms. The summed E-state index contributed by atoms with van der Waals surface area (Å²) in [6.45, 7) is 13.3. The van der Waals surface area contributed by atoms with Crippen LogP contribution in [-0.4, -0.2) is 185 Å². The Bertz CT molecular complexity index is 2050. The number of Topliss-reactive ketones (excluding diaryl/α,β-unsaturated/α-hetero) is 1. The van der Waals surface area contributed by atoms with Crippen LogP contribution in [0.15, 0.2) is 11.6 Å². The first-order chi connectivity index (χ1) is 32.0. The number of carboxylic acid groups (broad SMARTS) is 3. The molecule has 69 heavy (non-hydrogen) atoms. The van der Waals surface area contributed by atoms with Crippen molar-refractivity contribution in [2.75, 3.05) is 6.61 Å². The summed E-state index contributed by atoms with van der Waals surface area (Å²) in [4.78, 5) is 51.2. The molecule has 0 radical (unpaired) electrons. The van der Waals surface area contributed by atoms with Crippen LogP contribution in [0.25, 0.3) is 0 Å². The van der Waals surface area contributed by atoms with E-state index in [0.29, 0.717) is 38.5 Å². The summed E-state index contributed by atoms with van der Waals surface area (Å²) in [5.74, 6) is -4.80. The van der Waals surface area contributed by atoms with Crippen LogP contribution >= 0.6 is 0 Å². The molecule has 21 heteroatoms. The highest BCUT2D eigenvalue weighted by atomic mass is 16.8. The van der Waals surface area contributed by atoms with Gasteiger partial charge >= 0.3 is 17.9 Å². The molecule has 3 saturated heterocycles. The highest BCUT2D eigenvalue weighted by molar-refractivity contribution is 5.92. The summed E-state index contributed by atoms with van der Waals surface area (Å²) in [5.41, 5.74) is -2.84. The largest absolute Gasteiger partial charge is 0.481 e. The van der Waals surface area contributed by atoms with Gasteiger partial charge in [0.05, 0.1) is 24.2 Å². The second-order valence-corrected chi connectivity index (χ2v) is 23.1. The summed E-state index contributed by atoms with van der Waals surface area (Å²) in [6, 6.07) is 0. The van der Waals surface area contributed by atoms with Crippen LogP contribution in [0.3, 0.4) is 0 Å². The number of aliphatic carboxylic acids is 3. The number of carbonyl (C=O) groups is 4. The zero-order valence-corrected chi connectivity index (χ0v) is 40.1. The summed E-state index contributed by atoms with van der Waals surface area (Å²) < 4.78 is 35.5. The van der Waals surface area contributed by atoms with Gasteiger partial charge < -0.3 is 84.6 Å². The number of ether oxygens (including phenoxy) is 6. The SMILES string of the molecule is CC1OC(OC2C(OC3C(OC4CCC5(C)C(CCC6(C)C5CC=C5C7CC(C)(C(=O)O)CC(=O)C7(C)CCC56C)C4(C)CO)OC(C(=O)O)C(O)C3O)OC(C(=O)O)C(O)C2O)C(O)C(O)C1O. The van der Waals surface area contributed by atoms with Gasteiger partial charge in [0, 0.05) is 17.3 Å². The van der Waals surface area contributed by atoms with E-state index in [1.807, 2.05) is 13.8 Å². The predicted molar refractivity (Wildman–Crippen MR) is 232 cm³/mol. The van der Waals surface area contributed by atoms with Crippen molar-refractivity contribution in [3.63, 3.8) is 0 Å². The number of aliphatic hydroxyl groups excluding tert-OH is 8. The highest BCUT2D eigenvalue weighted by Gasteiger charge is 2.70. The fraction of sp³-hybridized carbons (Fsp3) is 0.875. The number of fused-ring (bicyclic) bond motifs is 7. The number of aliphatic hydroxyl groups is 8. The summed E-state index contributed by atoms with van der Waals surface area (Å²) in [5, 5.41) is 118. The van der Waals surface area contributed by atoms with Gasteiger partial charge in [-0.3, -0.25) is 9.59 Å². The van der Waals surface area contributed by atoms with E-state index in [1.165, 1.54) is 6.92 Å². The van der Waals surface area contributed by atoms with E-state index in [-0.39, 0.29) is 47.2 Å². The lowest BCUT2D eigenvalue weighted by atomic mass is 9.33. The molecule has 25 unspecified atom stereocenters. The second kappa shape index (κ2) is 18.0. The van der Waals surface area contributed by atoms with E-state index in [1.54, 1.807) is 6.92 Å². The maximum atomic E-state index is 13.8. The minimum atomic E-state index is -2.18. The molecule has 0 amide bonds. The van der Waals surface area contributed by atoms with Crippen molar-refractivity contribution in [1.29, 1.82) is 0 Å². The number of carboxylic acids is 3. The van der Waals surface area contributed by atoms with Gasteiger partial charge in [-0.2, -0.15) is 0 Å². The Morgan fingerprint density at radius 2 is 1.23 bits per heavy atom. The van der Waals surface area contributed by atoms with E-state index in [0.717, 1.165) is 12.0 Å². The van der Waals surface area contributed by atoms with Gasteiger partial charge in [-0.05, 0) is 99.2 Å². The molecule has 25 atom stereocenters. The van der Waals surface area contributed by atoms with Crippen LogP contribution in [0, 0.1) is 50.2 Å². The quantitative estimate of drug-likeness (QED) is 0.102. The Morgan fingerprint density at radius 1 is 0.667 bits per heavy atom. The van der Waals surface area contributed by atoms with Crippen LogP contribution in [-0.2, 0) is 47.6 Å². The van der Waals surface area contributed by atoms with E-state index < -0.39 is 144 Å². The van der Waals surface area contributed by atoms with Gasteiger partial charge in [0.15, 0.2) is 31.1 Å². The lowest BCUT2D eigenvalue weighted by molar-refractivity contribution is -0.393. The Balaban J connectivity index is 1.09. The third-order valence-corrected chi connectivity index (χ3v) is 19.5. The number of hydrogen-bond donors (Lipinski definition) is 11. The van der Waals surface area contributed by atoms with Crippen LogP contribution in [0.5, 0.6) is 0 Å². The first kappa shape index (κ1) is 52.6. The smallest absolute Gasteiger partial charge is 0.335 e. The van der Waals surface area contributed by atoms with E-state index in [2.05, 4.69) is 26.8 Å². The molecule has 390 valence electrons. The Kier molecular flexibility index (Phi) is 13.7. The van der Waals surface area contributed by atoms with Crippen molar-refractivity contribution in [3.8, 4) is 0 Å². The lowest BCUT2D eigenvalue weighted by Crippen LogP contribution is -2.68. The van der Waals surface area contributed by atoms with Crippen LogP contribution in [0.1, 0.15) is 106 Å². The second-order valence-electron chi connectivity index (χ2n) is 23.1. The molecule has 0 aromatic carbocycles. The first-order valence-electron chi connectivity index (χ1n) is 24.3. The van der Waals surface area contributed by atoms with E-state index in [4.69, 9.17) is 28.4 Å².